The first-order valence-electron chi connectivity index (χ1n) is 5.69. The normalized spacial score (nSPS) is 10.7. The Kier molecular flexibility index (Phi) is 3.86. The predicted molar refractivity (Wildman–Crippen MR) is 69.2 cm³/mol. The van der Waals surface area contributed by atoms with Crippen LogP contribution in [0, 0.1) is 0 Å². The van der Waals surface area contributed by atoms with Gasteiger partial charge in [0.2, 0.25) is 0 Å². The van der Waals surface area contributed by atoms with E-state index in [2.05, 4.69) is 0 Å². The number of carbonyl (C=O) groups excluding carboxylic acids is 1. The molecular weight excluding hydrogens is 226 g/mol. The smallest absolute Gasteiger partial charge is 0.174 e. The molecule has 1 heterocycles. The first kappa shape index (κ1) is 12.0. The number of benzene rings is 1. The summed E-state index contributed by atoms with van der Waals surface area (Å²) in [6.45, 7) is 0. The van der Waals surface area contributed by atoms with Crippen molar-refractivity contribution >= 4 is 12.5 Å². The van der Waals surface area contributed by atoms with Crippen LogP contribution in [0.5, 0.6) is 5.75 Å². The molecule has 1 aromatic carbocycles. The number of aromatic nitrogens is 1. The molecule has 0 amide bonds. The second-order valence-corrected chi connectivity index (χ2v) is 3.92. The van der Waals surface area contributed by atoms with E-state index in [4.69, 9.17) is 0 Å². The molecule has 3 heteroatoms. The molecular formula is C15H14NO2+. The van der Waals surface area contributed by atoms with Crippen LogP contribution in [0.25, 0.3) is 6.20 Å². The van der Waals surface area contributed by atoms with Crippen molar-refractivity contribution in [1.29, 1.82) is 0 Å². The molecule has 0 unspecified atom stereocenters. The zero-order valence-electron chi connectivity index (χ0n) is 9.86. The highest BCUT2D eigenvalue weighted by Crippen LogP contribution is 2.16. The zero-order valence-corrected chi connectivity index (χ0v) is 9.86. The number of hydrogen-bond acceptors (Lipinski definition) is 2. The molecule has 0 aliphatic heterocycles. The number of aromatic hydroxyl groups is 1. The van der Waals surface area contributed by atoms with Crippen LogP contribution in [-0.4, -0.2) is 11.4 Å². The summed E-state index contributed by atoms with van der Waals surface area (Å²) in [7, 11) is 0. The van der Waals surface area contributed by atoms with Crippen LogP contribution in [0.1, 0.15) is 15.9 Å². The van der Waals surface area contributed by atoms with Gasteiger partial charge in [0.15, 0.2) is 24.9 Å². The number of carbonyl (C=O) groups is 1. The number of rotatable bonds is 4. The van der Waals surface area contributed by atoms with E-state index >= 15 is 0 Å². The average Bonchev–Trinajstić information content (AvgIpc) is 2.42. The van der Waals surface area contributed by atoms with E-state index in [0.717, 1.165) is 5.56 Å². The van der Waals surface area contributed by atoms with Crippen LogP contribution in [-0.2, 0) is 6.42 Å². The van der Waals surface area contributed by atoms with Crippen molar-refractivity contribution in [1.82, 2.24) is 0 Å². The number of phenols is 1. The summed E-state index contributed by atoms with van der Waals surface area (Å²) in [5.74, 6) is 0.0233. The van der Waals surface area contributed by atoms with Gasteiger partial charge in [-0.1, -0.05) is 12.1 Å². The minimum atomic E-state index is 0.0233. The van der Waals surface area contributed by atoms with Crippen LogP contribution in [0.4, 0.5) is 0 Å². The van der Waals surface area contributed by atoms with E-state index in [1.807, 2.05) is 53.5 Å². The van der Waals surface area contributed by atoms with Gasteiger partial charge in [0.25, 0.3) is 0 Å². The molecule has 18 heavy (non-hydrogen) atoms. The summed E-state index contributed by atoms with van der Waals surface area (Å²) in [6.07, 6.45) is 9.22. The molecule has 2 aromatic rings. The highest BCUT2D eigenvalue weighted by molar-refractivity contribution is 5.79. The summed E-state index contributed by atoms with van der Waals surface area (Å²) in [5.41, 5.74) is 1.32. The van der Waals surface area contributed by atoms with Gasteiger partial charge in [0.1, 0.15) is 5.75 Å². The maximum absolute atomic E-state index is 10.7. The first-order chi connectivity index (χ1) is 8.79. The fraction of sp³-hybridized carbons (Fsp3) is 0.0667. The maximum Gasteiger partial charge on any atom is 0.174 e. The lowest BCUT2D eigenvalue weighted by Gasteiger charge is -1.99. The van der Waals surface area contributed by atoms with E-state index in [-0.39, 0.29) is 5.75 Å². The van der Waals surface area contributed by atoms with Crippen molar-refractivity contribution in [2.75, 3.05) is 0 Å². The molecule has 0 saturated carbocycles. The Morgan fingerprint density at radius 2 is 1.94 bits per heavy atom. The molecule has 2 rings (SSSR count). The van der Waals surface area contributed by atoms with Crippen LogP contribution >= 0.6 is 0 Å². The van der Waals surface area contributed by atoms with E-state index in [1.165, 1.54) is 0 Å². The van der Waals surface area contributed by atoms with Crippen molar-refractivity contribution in [2.45, 2.75) is 6.42 Å². The molecule has 0 bridgehead atoms. The Morgan fingerprint density at radius 1 is 1.17 bits per heavy atom. The van der Waals surface area contributed by atoms with Crippen LogP contribution < -0.4 is 4.57 Å². The van der Waals surface area contributed by atoms with Crippen molar-refractivity contribution in [3.05, 3.63) is 66.0 Å². The Bertz CT molecular complexity index is 562. The topological polar surface area (TPSA) is 41.2 Å². The molecule has 0 aliphatic rings. The van der Waals surface area contributed by atoms with Crippen molar-refractivity contribution in [3.8, 4) is 5.75 Å². The second kappa shape index (κ2) is 5.77. The molecule has 0 radical (unpaired) electrons. The number of aldehydes is 1. The summed E-state index contributed by atoms with van der Waals surface area (Å²) in [4.78, 5) is 10.7. The maximum atomic E-state index is 10.7. The largest absolute Gasteiger partial charge is 0.507 e. The van der Waals surface area contributed by atoms with Gasteiger partial charge in [0.05, 0.1) is 5.56 Å². The minimum absolute atomic E-state index is 0.0233. The number of allylic oxidation sites excluding steroid dienone is 1. The molecule has 0 saturated heterocycles. The van der Waals surface area contributed by atoms with Gasteiger partial charge >= 0.3 is 0 Å². The van der Waals surface area contributed by atoms with Gasteiger partial charge in [0, 0.05) is 12.1 Å². The number of pyridine rings is 1. The fourth-order valence-electron chi connectivity index (χ4n) is 1.65. The van der Waals surface area contributed by atoms with Gasteiger partial charge in [-0.3, -0.25) is 4.79 Å². The lowest BCUT2D eigenvalue weighted by atomic mass is 10.1. The molecule has 0 spiro atoms. The Labute approximate surface area is 106 Å². The van der Waals surface area contributed by atoms with E-state index < -0.39 is 0 Å². The third kappa shape index (κ3) is 3.04. The van der Waals surface area contributed by atoms with Crippen LogP contribution in [0.3, 0.4) is 0 Å². The highest BCUT2D eigenvalue weighted by Gasteiger charge is 2.00. The Morgan fingerprint density at radius 3 is 2.67 bits per heavy atom. The summed E-state index contributed by atoms with van der Waals surface area (Å²) >= 11 is 0. The Balaban J connectivity index is 2.06. The van der Waals surface area contributed by atoms with Crippen molar-refractivity contribution < 1.29 is 14.5 Å². The van der Waals surface area contributed by atoms with E-state index in [9.17, 15) is 9.90 Å². The standard InChI is InChI=1S/C15H13NO2/c17-12-14-11-13(6-7-15(14)18)5-4-10-16-8-2-1-3-9-16/h1-4,6-12H,5H2/p+1. The summed E-state index contributed by atoms with van der Waals surface area (Å²) in [5, 5.41) is 9.39. The first-order valence-corrected chi connectivity index (χ1v) is 5.69. The molecule has 1 aromatic heterocycles. The third-order valence-electron chi connectivity index (χ3n) is 2.59. The van der Waals surface area contributed by atoms with E-state index in [0.29, 0.717) is 18.3 Å². The second-order valence-electron chi connectivity index (χ2n) is 3.92. The van der Waals surface area contributed by atoms with Crippen molar-refractivity contribution in [2.24, 2.45) is 0 Å². The van der Waals surface area contributed by atoms with Gasteiger partial charge in [-0.25, -0.2) is 0 Å². The summed E-state index contributed by atoms with van der Waals surface area (Å²) in [6, 6.07) is 10.9. The van der Waals surface area contributed by atoms with Gasteiger partial charge in [-0.05, 0) is 30.2 Å². The van der Waals surface area contributed by atoms with Gasteiger partial charge < -0.3 is 5.11 Å². The molecule has 0 atom stereocenters. The minimum Gasteiger partial charge on any atom is -0.507 e. The Hall–Kier alpha value is -2.42. The van der Waals surface area contributed by atoms with E-state index in [1.54, 1.807) is 12.1 Å². The van der Waals surface area contributed by atoms with Crippen molar-refractivity contribution in [3.63, 3.8) is 0 Å². The third-order valence-corrected chi connectivity index (χ3v) is 2.59. The fourth-order valence-corrected chi connectivity index (χ4v) is 1.65. The molecule has 90 valence electrons. The number of hydrogen-bond donors (Lipinski definition) is 1. The SMILES string of the molecule is O=Cc1cc(CC=C[n+]2ccccc2)ccc1O. The van der Waals surface area contributed by atoms with Crippen LogP contribution in [0.15, 0.2) is 54.9 Å². The monoisotopic (exact) mass is 240 g/mol. The lowest BCUT2D eigenvalue weighted by Crippen LogP contribution is -2.23. The lowest BCUT2D eigenvalue weighted by molar-refractivity contribution is -0.568. The van der Waals surface area contributed by atoms with Crippen LogP contribution in [0.2, 0.25) is 0 Å². The summed E-state index contributed by atoms with van der Waals surface area (Å²) < 4.78 is 1.95. The average molecular weight is 240 g/mol. The van der Waals surface area contributed by atoms with Gasteiger partial charge in [-0.2, -0.15) is 4.57 Å². The predicted octanol–water partition coefficient (Wildman–Crippen LogP) is 2.21. The number of phenolic OH excluding ortho intramolecular Hbond substituents is 1. The molecule has 3 nitrogen and oxygen atoms in total. The highest BCUT2D eigenvalue weighted by atomic mass is 16.3. The zero-order chi connectivity index (χ0) is 12.8. The quantitative estimate of drug-likeness (QED) is 0.657. The molecule has 1 N–H and O–H groups in total. The molecule has 0 aliphatic carbocycles. The van der Waals surface area contributed by atoms with Gasteiger partial charge in [-0.15, -0.1) is 0 Å². The number of nitrogens with zero attached hydrogens (tertiary/aromatic N) is 1. The molecule has 0 fully saturated rings.